The number of halogens is 3. The molecule has 0 atom stereocenters. The number of ether oxygens (including phenoxy) is 1. The first-order valence-electron chi connectivity index (χ1n) is 8.03. The van der Waals surface area contributed by atoms with Gasteiger partial charge in [-0.05, 0) is 49.4 Å². The molecule has 1 amide bonds. The molecule has 1 aromatic carbocycles. The molecule has 0 bridgehead atoms. The topological polar surface area (TPSA) is 62.1 Å². The Morgan fingerprint density at radius 1 is 1.31 bits per heavy atom. The van der Waals surface area contributed by atoms with Crippen LogP contribution < -0.4 is 10.1 Å². The van der Waals surface area contributed by atoms with Gasteiger partial charge >= 0.3 is 6.18 Å². The van der Waals surface area contributed by atoms with Crippen LogP contribution in [0.3, 0.4) is 0 Å². The number of anilines is 1. The van der Waals surface area contributed by atoms with Crippen LogP contribution in [0.1, 0.15) is 34.4 Å². The van der Waals surface area contributed by atoms with Gasteiger partial charge in [-0.25, -0.2) is 0 Å². The van der Waals surface area contributed by atoms with E-state index in [1.807, 2.05) is 0 Å². The molecular weight excluding hydrogens is 365 g/mol. The minimum atomic E-state index is -4.47. The Kier molecular flexibility index (Phi) is 5.18. The maximum Gasteiger partial charge on any atom is 0.416 e. The van der Waals surface area contributed by atoms with Crippen molar-refractivity contribution in [2.45, 2.75) is 31.9 Å². The van der Waals surface area contributed by atoms with Gasteiger partial charge in [0.2, 0.25) is 0 Å². The molecule has 1 aliphatic carbocycles. The van der Waals surface area contributed by atoms with Crippen molar-refractivity contribution in [3.05, 3.63) is 45.8 Å². The first-order valence-corrected chi connectivity index (χ1v) is 8.84. The molecule has 0 unspecified atom stereocenters. The van der Waals surface area contributed by atoms with Crippen LogP contribution >= 0.6 is 11.3 Å². The number of thiophene rings is 1. The van der Waals surface area contributed by atoms with Crippen molar-refractivity contribution < 1.29 is 22.7 Å². The number of nitriles is 1. The monoisotopic (exact) mass is 380 g/mol. The Labute approximate surface area is 152 Å². The van der Waals surface area contributed by atoms with Crippen LogP contribution in [0.15, 0.2) is 24.3 Å². The molecule has 1 heterocycles. The standard InChI is InChI=1S/C18H15F3N2O2S/c19-18(20,21)11-4-3-5-12(8-11)25-10-16(24)23-17-14(9-22)13-6-1-2-7-15(13)26-17/h3-5,8H,1-2,6-7,10H2,(H,23,24). The Hall–Kier alpha value is -2.53. The smallest absolute Gasteiger partial charge is 0.416 e. The average molecular weight is 380 g/mol. The summed E-state index contributed by atoms with van der Waals surface area (Å²) in [6.45, 7) is -0.436. The number of nitrogens with one attached hydrogen (secondary N) is 1. The molecule has 0 radical (unpaired) electrons. The van der Waals surface area contributed by atoms with E-state index in [9.17, 15) is 23.2 Å². The summed E-state index contributed by atoms with van der Waals surface area (Å²) in [6.07, 6.45) is -0.676. The number of amides is 1. The molecule has 3 rings (SSSR count). The minimum absolute atomic E-state index is 0.0408. The SMILES string of the molecule is N#Cc1c(NC(=O)COc2cccc(C(F)(F)F)c2)sc2c1CCCC2. The largest absolute Gasteiger partial charge is 0.484 e. The quantitative estimate of drug-likeness (QED) is 0.847. The third-order valence-electron chi connectivity index (χ3n) is 4.07. The fourth-order valence-electron chi connectivity index (χ4n) is 2.85. The lowest BCUT2D eigenvalue weighted by atomic mass is 9.96. The van der Waals surface area contributed by atoms with Crippen LogP contribution in [-0.2, 0) is 23.8 Å². The van der Waals surface area contributed by atoms with E-state index in [0.717, 1.165) is 48.3 Å². The predicted molar refractivity (Wildman–Crippen MR) is 91.2 cm³/mol. The highest BCUT2D eigenvalue weighted by atomic mass is 32.1. The number of aryl methyl sites for hydroxylation is 1. The summed E-state index contributed by atoms with van der Waals surface area (Å²) >= 11 is 1.38. The second-order valence-electron chi connectivity index (χ2n) is 5.89. The Balaban J connectivity index is 1.65. The number of hydrogen-bond donors (Lipinski definition) is 1. The van der Waals surface area contributed by atoms with Crippen LogP contribution in [0.5, 0.6) is 5.75 Å². The maximum atomic E-state index is 12.7. The number of nitrogens with zero attached hydrogens (tertiary/aromatic N) is 1. The normalized spacial score (nSPS) is 13.6. The molecule has 0 aliphatic heterocycles. The van der Waals surface area contributed by atoms with E-state index in [-0.39, 0.29) is 5.75 Å². The van der Waals surface area contributed by atoms with Crippen molar-refractivity contribution >= 4 is 22.2 Å². The Morgan fingerprint density at radius 3 is 2.81 bits per heavy atom. The third-order valence-corrected chi connectivity index (χ3v) is 5.27. The highest BCUT2D eigenvalue weighted by molar-refractivity contribution is 7.16. The molecule has 8 heteroatoms. The fraction of sp³-hybridized carbons (Fsp3) is 0.333. The predicted octanol–water partition coefficient (Wildman–Crippen LogP) is 4.53. The van der Waals surface area contributed by atoms with Gasteiger partial charge in [-0.15, -0.1) is 11.3 Å². The molecular formula is C18H15F3N2O2S. The zero-order chi connectivity index (χ0) is 18.7. The number of rotatable bonds is 4. The molecule has 26 heavy (non-hydrogen) atoms. The first-order chi connectivity index (χ1) is 12.4. The van der Waals surface area contributed by atoms with Gasteiger partial charge in [0.05, 0.1) is 11.1 Å². The number of carbonyl (C=O) groups is 1. The summed E-state index contributed by atoms with van der Waals surface area (Å²) in [5.41, 5.74) is 0.642. The van der Waals surface area contributed by atoms with Gasteiger partial charge in [0.15, 0.2) is 6.61 Å². The van der Waals surface area contributed by atoms with E-state index in [0.29, 0.717) is 10.6 Å². The molecule has 4 nitrogen and oxygen atoms in total. The van der Waals surface area contributed by atoms with Crippen molar-refractivity contribution in [3.63, 3.8) is 0 Å². The second-order valence-corrected chi connectivity index (χ2v) is 6.99. The number of alkyl halides is 3. The Morgan fingerprint density at radius 2 is 2.08 bits per heavy atom. The average Bonchev–Trinajstić information content (AvgIpc) is 2.96. The van der Waals surface area contributed by atoms with E-state index in [4.69, 9.17) is 4.74 Å². The van der Waals surface area contributed by atoms with Crippen LogP contribution in [-0.4, -0.2) is 12.5 Å². The van der Waals surface area contributed by atoms with E-state index in [1.54, 1.807) is 0 Å². The molecule has 1 N–H and O–H groups in total. The number of carbonyl (C=O) groups excluding carboxylic acids is 1. The van der Waals surface area contributed by atoms with Crippen LogP contribution in [0.2, 0.25) is 0 Å². The summed E-state index contributed by atoms with van der Waals surface area (Å²) in [6, 6.07) is 6.49. The summed E-state index contributed by atoms with van der Waals surface area (Å²) in [5, 5.41) is 12.5. The van der Waals surface area contributed by atoms with E-state index >= 15 is 0 Å². The van der Waals surface area contributed by atoms with Crippen molar-refractivity contribution in [3.8, 4) is 11.8 Å². The Bertz CT molecular complexity index is 868. The fourth-order valence-corrected chi connectivity index (χ4v) is 4.10. The zero-order valence-corrected chi connectivity index (χ0v) is 14.5. The van der Waals surface area contributed by atoms with Crippen molar-refractivity contribution in [1.29, 1.82) is 5.26 Å². The lowest BCUT2D eigenvalue weighted by Gasteiger charge is -2.10. The van der Waals surface area contributed by atoms with E-state index < -0.39 is 24.3 Å². The highest BCUT2D eigenvalue weighted by Crippen LogP contribution is 2.37. The number of benzene rings is 1. The zero-order valence-electron chi connectivity index (χ0n) is 13.7. The van der Waals surface area contributed by atoms with E-state index in [1.165, 1.54) is 23.5 Å². The van der Waals surface area contributed by atoms with Gasteiger partial charge in [-0.2, -0.15) is 18.4 Å². The molecule has 2 aromatic rings. The lowest BCUT2D eigenvalue weighted by Crippen LogP contribution is -2.20. The van der Waals surface area contributed by atoms with Crippen LogP contribution in [0.4, 0.5) is 18.2 Å². The first kappa shape index (κ1) is 18.3. The van der Waals surface area contributed by atoms with Crippen LogP contribution in [0.25, 0.3) is 0 Å². The minimum Gasteiger partial charge on any atom is -0.484 e. The number of hydrogen-bond acceptors (Lipinski definition) is 4. The van der Waals surface area contributed by atoms with Gasteiger partial charge in [0.25, 0.3) is 5.91 Å². The summed E-state index contributed by atoms with van der Waals surface area (Å²) < 4.78 is 43.2. The summed E-state index contributed by atoms with van der Waals surface area (Å²) in [4.78, 5) is 13.2. The lowest BCUT2D eigenvalue weighted by molar-refractivity contribution is -0.137. The van der Waals surface area contributed by atoms with Gasteiger partial charge in [0.1, 0.15) is 16.8 Å². The van der Waals surface area contributed by atoms with Crippen molar-refractivity contribution in [1.82, 2.24) is 0 Å². The highest BCUT2D eigenvalue weighted by Gasteiger charge is 2.30. The summed E-state index contributed by atoms with van der Waals surface area (Å²) in [7, 11) is 0. The van der Waals surface area contributed by atoms with Crippen LogP contribution in [0, 0.1) is 11.3 Å². The van der Waals surface area contributed by atoms with Gasteiger partial charge in [-0.3, -0.25) is 4.79 Å². The van der Waals surface area contributed by atoms with Gasteiger partial charge < -0.3 is 10.1 Å². The molecule has 136 valence electrons. The van der Waals surface area contributed by atoms with Gasteiger partial charge in [0, 0.05) is 4.88 Å². The molecule has 0 saturated heterocycles. The van der Waals surface area contributed by atoms with Crippen molar-refractivity contribution in [2.75, 3.05) is 11.9 Å². The third kappa shape index (κ3) is 3.99. The molecule has 0 saturated carbocycles. The molecule has 1 aliphatic rings. The van der Waals surface area contributed by atoms with E-state index in [2.05, 4.69) is 11.4 Å². The molecule has 0 fully saturated rings. The summed E-state index contributed by atoms with van der Waals surface area (Å²) in [5.74, 6) is -0.557. The number of fused-ring (bicyclic) bond motifs is 1. The van der Waals surface area contributed by atoms with Crippen molar-refractivity contribution in [2.24, 2.45) is 0 Å². The molecule has 0 spiro atoms. The second kappa shape index (κ2) is 7.38. The maximum absolute atomic E-state index is 12.7. The molecule has 1 aromatic heterocycles. The van der Waals surface area contributed by atoms with Gasteiger partial charge in [-0.1, -0.05) is 6.07 Å².